The zero-order valence-electron chi connectivity index (χ0n) is 16.3. The van der Waals surface area contributed by atoms with E-state index in [9.17, 15) is 14.7 Å². The van der Waals surface area contributed by atoms with Crippen molar-refractivity contribution in [3.63, 3.8) is 0 Å². The zero-order valence-corrected chi connectivity index (χ0v) is 16.3. The number of aliphatic hydroxyl groups is 1. The lowest BCUT2D eigenvalue weighted by Gasteiger charge is -2.30. The fraction of sp³-hybridized carbons (Fsp3) is 0.167. The highest BCUT2D eigenvalue weighted by Crippen LogP contribution is 2.41. The lowest BCUT2D eigenvalue weighted by molar-refractivity contribution is -0.133. The first-order valence-electron chi connectivity index (χ1n) is 9.56. The predicted molar refractivity (Wildman–Crippen MR) is 113 cm³/mol. The second kappa shape index (κ2) is 7.18. The summed E-state index contributed by atoms with van der Waals surface area (Å²) in [5, 5.41) is 11.7. The SMILES string of the molecule is CC(C)c1ccc(C2(O)C(=O)N(c3ccccc3)C(=O)N2c2ccccc2)cc1. The van der Waals surface area contributed by atoms with Crippen LogP contribution in [-0.2, 0) is 10.5 Å². The van der Waals surface area contributed by atoms with E-state index in [4.69, 9.17) is 0 Å². The van der Waals surface area contributed by atoms with E-state index in [0.717, 1.165) is 15.4 Å². The van der Waals surface area contributed by atoms with Gasteiger partial charge in [-0.05, 0) is 35.7 Å². The predicted octanol–water partition coefficient (Wildman–Crippen LogP) is 4.63. The minimum Gasteiger partial charge on any atom is -0.359 e. The molecule has 4 rings (SSSR count). The molecule has 5 heteroatoms. The number of hydrogen-bond donors (Lipinski definition) is 1. The molecule has 1 atom stereocenters. The first-order chi connectivity index (χ1) is 13.9. The average Bonchev–Trinajstić information content (AvgIpc) is 2.95. The molecule has 0 aromatic heterocycles. The van der Waals surface area contributed by atoms with Crippen LogP contribution in [0.3, 0.4) is 0 Å². The molecule has 5 nitrogen and oxygen atoms in total. The van der Waals surface area contributed by atoms with Crippen LogP contribution in [0.15, 0.2) is 84.9 Å². The lowest BCUT2D eigenvalue weighted by Crippen LogP contribution is -2.47. The van der Waals surface area contributed by atoms with Crippen LogP contribution in [0.5, 0.6) is 0 Å². The van der Waals surface area contributed by atoms with E-state index >= 15 is 0 Å². The van der Waals surface area contributed by atoms with Crippen LogP contribution >= 0.6 is 0 Å². The van der Waals surface area contributed by atoms with Gasteiger partial charge in [-0.2, -0.15) is 0 Å². The maximum absolute atomic E-state index is 13.5. The summed E-state index contributed by atoms with van der Waals surface area (Å²) >= 11 is 0. The number of para-hydroxylation sites is 2. The van der Waals surface area contributed by atoms with E-state index in [-0.39, 0.29) is 0 Å². The molecule has 1 heterocycles. The van der Waals surface area contributed by atoms with Crippen molar-refractivity contribution in [3.05, 3.63) is 96.1 Å². The van der Waals surface area contributed by atoms with Crippen LogP contribution in [0.2, 0.25) is 0 Å². The number of amides is 3. The molecule has 0 bridgehead atoms. The third-order valence-corrected chi connectivity index (χ3v) is 5.22. The Balaban J connectivity index is 1.88. The Labute approximate surface area is 169 Å². The number of imide groups is 1. The van der Waals surface area contributed by atoms with Gasteiger partial charge in [-0.1, -0.05) is 74.5 Å². The van der Waals surface area contributed by atoms with Gasteiger partial charge < -0.3 is 5.11 Å². The van der Waals surface area contributed by atoms with Crippen molar-refractivity contribution in [2.45, 2.75) is 25.5 Å². The van der Waals surface area contributed by atoms with Crippen molar-refractivity contribution in [3.8, 4) is 0 Å². The quantitative estimate of drug-likeness (QED) is 0.665. The van der Waals surface area contributed by atoms with Gasteiger partial charge in [0.2, 0.25) is 0 Å². The van der Waals surface area contributed by atoms with Crippen molar-refractivity contribution in [1.29, 1.82) is 0 Å². The van der Waals surface area contributed by atoms with Crippen LogP contribution in [0.1, 0.15) is 30.9 Å². The van der Waals surface area contributed by atoms with Gasteiger partial charge in [-0.25, -0.2) is 9.69 Å². The van der Waals surface area contributed by atoms with Crippen molar-refractivity contribution >= 4 is 23.3 Å². The molecule has 3 amide bonds. The molecule has 0 saturated carbocycles. The molecule has 0 aliphatic carbocycles. The van der Waals surface area contributed by atoms with Crippen molar-refractivity contribution in [2.75, 3.05) is 9.80 Å². The third kappa shape index (κ3) is 3.00. The molecule has 0 radical (unpaired) electrons. The Kier molecular flexibility index (Phi) is 4.68. The zero-order chi connectivity index (χ0) is 20.6. The number of anilines is 2. The average molecular weight is 386 g/mol. The molecular weight excluding hydrogens is 364 g/mol. The molecule has 3 aromatic carbocycles. The summed E-state index contributed by atoms with van der Waals surface area (Å²) in [5.74, 6) is -0.388. The van der Waals surface area contributed by atoms with Crippen LogP contribution in [0.25, 0.3) is 0 Å². The molecule has 1 N–H and O–H groups in total. The summed E-state index contributed by atoms with van der Waals surface area (Å²) < 4.78 is 0. The number of benzene rings is 3. The molecule has 0 spiro atoms. The molecule has 1 unspecified atom stereocenters. The van der Waals surface area contributed by atoms with Gasteiger partial charge in [0.05, 0.1) is 5.69 Å². The number of urea groups is 1. The second-order valence-electron chi connectivity index (χ2n) is 7.38. The minimum absolute atomic E-state index is 0.311. The number of nitrogens with zero attached hydrogens (tertiary/aromatic N) is 2. The number of hydrogen-bond acceptors (Lipinski definition) is 3. The van der Waals surface area contributed by atoms with E-state index in [2.05, 4.69) is 13.8 Å². The van der Waals surface area contributed by atoms with Crippen LogP contribution < -0.4 is 9.80 Å². The minimum atomic E-state index is -2.14. The number of rotatable bonds is 4. The summed E-state index contributed by atoms with van der Waals surface area (Å²) in [6.45, 7) is 4.14. The van der Waals surface area contributed by atoms with Crippen LogP contribution in [-0.4, -0.2) is 17.0 Å². The van der Waals surface area contributed by atoms with E-state index < -0.39 is 17.7 Å². The first kappa shape index (κ1) is 18.9. The summed E-state index contributed by atoms with van der Waals surface area (Å²) in [4.78, 5) is 29.0. The number of carbonyl (C=O) groups is 2. The molecule has 29 heavy (non-hydrogen) atoms. The van der Waals surface area contributed by atoms with Gasteiger partial charge in [0, 0.05) is 11.3 Å². The Morgan fingerprint density at radius 1 is 0.759 bits per heavy atom. The van der Waals surface area contributed by atoms with E-state index in [1.165, 1.54) is 0 Å². The van der Waals surface area contributed by atoms with Gasteiger partial charge in [0.1, 0.15) is 0 Å². The maximum Gasteiger partial charge on any atom is 0.339 e. The Hall–Kier alpha value is -3.44. The maximum atomic E-state index is 13.5. The highest BCUT2D eigenvalue weighted by Gasteiger charge is 2.59. The van der Waals surface area contributed by atoms with Gasteiger partial charge in [0.15, 0.2) is 0 Å². The van der Waals surface area contributed by atoms with Crippen molar-refractivity contribution in [1.82, 2.24) is 0 Å². The Bertz CT molecular complexity index is 1030. The van der Waals surface area contributed by atoms with Gasteiger partial charge in [-0.3, -0.25) is 9.69 Å². The fourth-order valence-electron chi connectivity index (χ4n) is 3.61. The fourth-order valence-corrected chi connectivity index (χ4v) is 3.61. The molecule has 1 aliphatic rings. The molecule has 3 aromatic rings. The van der Waals surface area contributed by atoms with Crippen molar-refractivity contribution in [2.24, 2.45) is 0 Å². The molecule has 1 saturated heterocycles. The highest BCUT2D eigenvalue weighted by atomic mass is 16.3. The summed E-state index contributed by atoms with van der Waals surface area (Å²) in [7, 11) is 0. The lowest BCUT2D eigenvalue weighted by atomic mass is 9.96. The largest absolute Gasteiger partial charge is 0.359 e. The monoisotopic (exact) mass is 386 g/mol. The van der Waals surface area contributed by atoms with E-state index in [1.807, 2.05) is 18.2 Å². The molecule has 146 valence electrons. The van der Waals surface area contributed by atoms with Crippen LogP contribution in [0.4, 0.5) is 16.2 Å². The first-order valence-corrected chi connectivity index (χ1v) is 9.56. The summed E-state index contributed by atoms with van der Waals surface area (Å²) in [5.41, 5.74) is 0.157. The molecule has 1 fully saturated rings. The normalized spacial score (nSPS) is 19.3. The van der Waals surface area contributed by atoms with Crippen molar-refractivity contribution < 1.29 is 14.7 Å². The van der Waals surface area contributed by atoms with Crippen LogP contribution in [0, 0.1) is 0 Å². The molecular formula is C24H22N2O3. The summed E-state index contributed by atoms with van der Waals surface area (Å²) in [6.07, 6.45) is 0. The smallest absolute Gasteiger partial charge is 0.339 e. The standard InChI is InChI=1S/C24H22N2O3/c1-17(2)18-13-15-19(16-14-18)24(29)22(27)25(20-9-5-3-6-10-20)23(28)26(24)21-11-7-4-8-12-21/h3-17,29H,1-2H3. The van der Waals surface area contributed by atoms with E-state index in [0.29, 0.717) is 22.9 Å². The highest BCUT2D eigenvalue weighted by molar-refractivity contribution is 6.29. The molecule has 1 aliphatic heterocycles. The van der Waals surface area contributed by atoms with E-state index in [1.54, 1.807) is 66.7 Å². The Morgan fingerprint density at radius 3 is 1.79 bits per heavy atom. The van der Waals surface area contributed by atoms with Gasteiger partial charge >= 0.3 is 6.03 Å². The second-order valence-corrected chi connectivity index (χ2v) is 7.38. The third-order valence-electron chi connectivity index (χ3n) is 5.22. The topological polar surface area (TPSA) is 60.9 Å². The van der Waals surface area contributed by atoms with Gasteiger partial charge in [-0.15, -0.1) is 0 Å². The summed E-state index contributed by atoms with van der Waals surface area (Å²) in [6, 6.07) is 24.0. The number of carbonyl (C=O) groups excluding carboxylic acids is 2. The van der Waals surface area contributed by atoms with Gasteiger partial charge in [0.25, 0.3) is 11.6 Å². The Morgan fingerprint density at radius 2 is 1.28 bits per heavy atom.